The highest BCUT2D eigenvalue weighted by molar-refractivity contribution is 5.76. The van der Waals surface area contributed by atoms with Gasteiger partial charge in [0.05, 0.1) is 6.54 Å². The first-order valence-electron chi connectivity index (χ1n) is 8.65. The Labute approximate surface area is 157 Å². The maximum absolute atomic E-state index is 12.7. The fraction of sp³-hybridized carbons (Fsp3) is 0.333. The number of aryl methyl sites for hydroxylation is 3. The molecule has 0 aliphatic carbocycles. The van der Waals surface area contributed by atoms with Crippen LogP contribution in [0.1, 0.15) is 17.0 Å². The average molecular weight is 371 g/mol. The van der Waals surface area contributed by atoms with Crippen molar-refractivity contribution in [3.8, 4) is 0 Å². The SMILES string of the molecule is Cc1cnc(CCc2ccccc2)c(=O)n1CC(=O)NCCNN=C(N)N. The van der Waals surface area contributed by atoms with Crippen LogP contribution in [-0.4, -0.2) is 34.5 Å². The average Bonchev–Trinajstić information content (AvgIpc) is 2.65. The summed E-state index contributed by atoms with van der Waals surface area (Å²) in [6.07, 6.45) is 2.86. The second-order valence-electron chi connectivity index (χ2n) is 6.02. The third-order valence-corrected chi connectivity index (χ3v) is 3.89. The topological polar surface area (TPSA) is 140 Å². The summed E-state index contributed by atoms with van der Waals surface area (Å²) >= 11 is 0. The van der Waals surface area contributed by atoms with Crippen LogP contribution in [-0.2, 0) is 24.2 Å². The fourth-order valence-electron chi connectivity index (χ4n) is 2.49. The molecule has 9 nitrogen and oxygen atoms in total. The van der Waals surface area contributed by atoms with Crippen LogP contribution >= 0.6 is 0 Å². The number of hydrogen-bond acceptors (Lipinski definition) is 5. The first-order valence-corrected chi connectivity index (χ1v) is 8.65. The van der Waals surface area contributed by atoms with Gasteiger partial charge in [0.2, 0.25) is 11.9 Å². The van der Waals surface area contributed by atoms with Gasteiger partial charge in [0.25, 0.3) is 5.56 Å². The Kier molecular flexibility index (Phi) is 7.36. The van der Waals surface area contributed by atoms with Gasteiger partial charge >= 0.3 is 0 Å². The number of benzene rings is 1. The predicted molar refractivity (Wildman–Crippen MR) is 104 cm³/mol. The van der Waals surface area contributed by atoms with Crippen LogP contribution in [0.4, 0.5) is 0 Å². The molecule has 2 rings (SSSR count). The first kappa shape index (κ1) is 20.0. The molecule has 0 saturated heterocycles. The van der Waals surface area contributed by atoms with Gasteiger partial charge in [-0.3, -0.25) is 14.6 Å². The highest BCUT2D eigenvalue weighted by Crippen LogP contribution is 2.03. The van der Waals surface area contributed by atoms with Gasteiger partial charge < -0.3 is 26.8 Å². The number of carbonyl (C=O) groups is 1. The van der Waals surface area contributed by atoms with Crippen LogP contribution in [0.3, 0.4) is 0 Å². The van der Waals surface area contributed by atoms with Crippen LogP contribution in [0.25, 0.3) is 0 Å². The monoisotopic (exact) mass is 371 g/mol. The van der Waals surface area contributed by atoms with E-state index in [4.69, 9.17) is 11.5 Å². The zero-order chi connectivity index (χ0) is 19.6. The number of nitrogens with two attached hydrogens (primary N) is 2. The highest BCUT2D eigenvalue weighted by atomic mass is 16.2. The number of nitrogens with one attached hydrogen (secondary N) is 2. The van der Waals surface area contributed by atoms with Crippen LogP contribution in [0.2, 0.25) is 0 Å². The molecule has 1 aromatic carbocycles. The van der Waals surface area contributed by atoms with E-state index in [1.165, 1.54) is 4.57 Å². The van der Waals surface area contributed by atoms with Crippen LogP contribution < -0.4 is 27.8 Å². The molecule has 0 aliphatic heterocycles. The Morgan fingerprint density at radius 1 is 1.19 bits per heavy atom. The van der Waals surface area contributed by atoms with Gasteiger partial charge in [-0.05, 0) is 25.3 Å². The number of guanidine groups is 1. The third-order valence-electron chi connectivity index (χ3n) is 3.89. The van der Waals surface area contributed by atoms with Crippen LogP contribution in [0, 0.1) is 6.92 Å². The Morgan fingerprint density at radius 2 is 1.93 bits per heavy atom. The van der Waals surface area contributed by atoms with E-state index >= 15 is 0 Å². The number of nitrogens with zero attached hydrogens (tertiary/aromatic N) is 3. The van der Waals surface area contributed by atoms with Crippen molar-refractivity contribution in [1.29, 1.82) is 0 Å². The molecular weight excluding hydrogens is 346 g/mol. The minimum absolute atomic E-state index is 0.0617. The van der Waals surface area contributed by atoms with E-state index in [1.54, 1.807) is 13.1 Å². The van der Waals surface area contributed by atoms with Gasteiger partial charge in [-0.25, -0.2) is 0 Å². The summed E-state index contributed by atoms with van der Waals surface area (Å²) in [7, 11) is 0. The summed E-state index contributed by atoms with van der Waals surface area (Å²) in [6.45, 7) is 2.39. The molecule has 1 amide bonds. The van der Waals surface area contributed by atoms with Crippen molar-refractivity contribution in [2.24, 2.45) is 16.6 Å². The molecule has 0 unspecified atom stereocenters. The summed E-state index contributed by atoms with van der Waals surface area (Å²) in [5.41, 5.74) is 15.0. The predicted octanol–water partition coefficient (Wildman–Crippen LogP) is -0.769. The Balaban J connectivity index is 1.95. The molecule has 0 aliphatic rings. The Morgan fingerprint density at radius 3 is 2.63 bits per heavy atom. The van der Waals surface area contributed by atoms with Crippen LogP contribution in [0.5, 0.6) is 0 Å². The lowest BCUT2D eigenvalue weighted by atomic mass is 10.1. The van der Waals surface area contributed by atoms with E-state index in [-0.39, 0.29) is 24.0 Å². The van der Waals surface area contributed by atoms with Crippen molar-refractivity contribution in [1.82, 2.24) is 20.3 Å². The normalized spacial score (nSPS) is 10.3. The molecule has 0 fully saturated rings. The van der Waals surface area contributed by atoms with Gasteiger partial charge in [0.1, 0.15) is 12.2 Å². The number of amides is 1. The molecule has 2 aromatic rings. The van der Waals surface area contributed by atoms with Crippen molar-refractivity contribution in [3.63, 3.8) is 0 Å². The molecule has 144 valence electrons. The minimum Gasteiger partial charge on any atom is -0.369 e. The van der Waals surface area contributed by atoms with Gasteiger partial charge in [-0.2, -0.15) is 0 Å². The standard InChI is InChI=1S/C18H25N7O2/c1-13-11-22-15(8-7-14-5-3-2-4-6-14)17(27)25(13)12-16(26)21-9-10-23-24-18(19)20/h2-6,11,23H,7-10,12H2,1H3,(H,21,26)(H4,19,20,24). The number of rotatable bonds is 9. The zero-order valence-electron chi connectivity index (χ0n) is 15.3. The third kappa shape index (κ3) is 6.46. The van der Waals surface area contributed by atoms with Crippen molar-refractivity contribution < 1.29 is 4.79 Å². The lowest BCUT2D eigenvalue weighted by Gasteiger charge is -2.12. The molecule has 0 saturated carbocycles. The van der Waals surface area contributed by atoms with Crippen molar-refractivity contribution >= 4 is 11.9 Å². The molecule has 0 bridgehead atoms. The largest absolute Gasteiger partial charge is 0.369 e. The van der Waals surface area contributed by atoms with E-state index in [1.807, 2.05) is 30.3 Å². The van der Waals surface area contributed by atoms with Crippen molar-refractivity contribution in [3.05, 3.63) is 63.8 Å². The number of hydrogen-bond donors (Lipinski definition) is 4. The zero-order valence-corrected chi connectivity index (χ0v) is 15.3. The Bertz CT molecular complexity index is 843. The van der Waals surface area contributed by atoms with Gasteiger partial charge in [-0.1, -0.05) is 30.3 Å². The van der Waals surface area contributed by atoms with Crippen LogP contribution in [0.15, 0.2) is 46.4 Å². The first-order chi connectivity index (χ1) is 13.0. The van der Waals surface area contributed by atoms with E-state index in [9.17, 15) is 9.59 Å². The van der Waals surface area contributed by atoms with Gasteiger partial charge in [0, 0.05) is 18.4 Å². The molecule has 1 heterocycles. The maximum atomic E-state index is 12.7. The molecule has 27 heavy (non-hydrogen) atoms. The summed E-state index contributed by atoms with van der Waals surface area (Å²) in [4.78, 5) is 29.0. The molecule has 0 radical (unpaired) electrons. The van der Waals surface area contributed by atoms with E-state index in [2.05, 4.69) is 20.8 Å². The Hall–Kier alpha value is -3.36. The molecule has 0 atom stereocenters. The lowest BCUT2D eigenvalue weighted by Crippen LogP contribution is -2.37. The fourth-order valence-corrected chi connectivity index (χ4v) is 2.49. The van der Waals surface area contributed by atoms with Gasteiger partial charge in [0.15, 0.2) is 0 Å². The molecular formula is C18H25N7O2. The summed E-state index contributed by atoms with van der Waals surface area (Å²) in [5.74, 6) is -0.352. The summed E-state index contributed by atoms with van der Waals surface area (Å²) in [5, 5.41) is 6.30. The number of carbonyl (C=O) groups excluding carboxylic acids is 1. The summed E-state index contributed by atoms with van der Waals surface area (Å²) in [6, 6.07) is 9.89. The molecule has 0 spiro atoms. The summed E-state index contributed by atoms with van der Waals surface area (Å²) < 4.78 is 1.44. The second kappa shape index (κ2) is 9.95. The second-order valence-corrected chi connectivity index (χ2v) is 6.02. The number of aromatic nitrogens is 2. The highest BCUT2D eigenvalue weighted by Gasteiger charge is 2.11. The van der Waals surface area contributed by atoms with E-state index in [0.29, 0.717) is 30.9 Å². The smallest absolute Gasteiger partial charge is 0.272 e. The van der Waals surface area contributed by atoms with E-state index in [0.717, 1.165) is 12.0 Å². The lowest BCUT2D eigenvalue weighted by molar-refractivity contribution is -0.121. The molecule has 1 aromatic heterocycles. The molecule has 9 heteroatoms. The minimum atomic E-state index is -0.271. The van der Waals surface area contributed by atoms with E-state index < -0.39 is 0 Å². The maximum Gasteiger partial charge on any atom is 0.272 e. The molecule has 6 N–H and O–H groups in total. The van der Waals surface area contributed by atoms with Gasteiger partial charge in [-0.15, -0.1) is 5.10 Å². The number of hydrazone groups is 1. The quantitative estimate of drug-likeness (QED) is 0.197. The van der Waals surface area contributed by atoms with Crippen molar-refractivity contribution in [2.75, 3.05) is 13.1 Å². The van der Waals surface area contributed by atoms with Crippen molar-refractivity contribution in [2.45, 2.75) is 26.3 Å².